The summed E-state index contributed by atoms with van der Waals surface area (Å²) in [6.07, 6.45) is 0. The van der Waals surface area contributed by atoms with Crippen LogP contribution in [0, 0.1) is 12.3 Å². The second kappa shape index (κ2) is 6.00. The Balaban J connectivity index is 2.04. The number of anilines is 3. The molecule has 0 bridgehead atoms. The van der Waals surface area contributed by atoms with E-state index in [0.29, 0.717) is 0 Å². The van der Waals surface area contributed by atoms with Crippen LogP contribution < -0.4 is 10.6 Å². The Morgan fingerprint density at radius 2 is 1.52 bits per heavy atom. The van der Waals surface area contributed by atoms with Crippen molar-refractivity contribution in [3.05, 3.63) is 54.1 Å². The molecule has 0 atom stereocenters. The lowest BCUT2D eigenvalue weighted by atomic mass is 9.95. The van der Waals surface area contributed by atoms with Crippen molar-refractivity contribution < 1.29 is 4.79 Å². The normalized spacial score (nSPS) is 11.0. The molecule has 3 nitrogen and oxygen atoms in total. The summed E-state index contributed by atoms with van der Waals surface area (Å²) in [6, 6.07) is 15.9. The molecule has 3 heteroatoms. The van der Waals surface area contributed by atoms with Gasteiger partial charge in [-0.1, -0.05) is 32.9 Å². The second-order valence-electron chi connectivity index (χ2n) is 6.28. The number of hydrogen-bond donors (Lipinski definition) is 2. The molecule has 2 rings (SSSR count). The largest absolute Gasteiger partial charge is 0.356 e. The zero-order valence-electron chi connectivity index (χ0n) is 13.0. The van der Waals surface area contributed by atoms with Gasteiger partial charge in [-0.25, -0.2) is 0 Å². The summed E-state index contributed by atoms with van der Waals surface area (Å²) >= 11 is 0. The van der Waals surface area contributed by atoms with Crippen LogP contribution >= 0.6 is 0 Å². The maximum atomic E-state index is 11.9. The minimum atomic E-state index is -0.390. The van der Waals surface area contributed by atoms with Crippen LogP contribution in [0.3, 0.4) is 0 Å². The van der Waals surface area contributed by atoms with Gasteiger partial charge < -0.3 is 10.6 Å². The summed E-state index contributed by atoms with van der Waals surface area (Å²) < 4.78 is 0. The molecule has 0 aliphatic carbocycles. The Kier molecular flexibility index (Phi) is 4.32. The summed E-state index contributed by atoms with van der Waals surface area (Å²) in [5, 5.41) is 6.26. The highest BCUT2D eigenvalue weighted by Gasteiger charge is 2.20. The average molecular weight is 282 g/mol. The monoisotopic (exact) mass is 282 g/mol. The average Bonchev–Trinajstić information content (AvgIpc) is 2.40. The third-order valence-electron chi connectivity index (χ3n) is 3.13. The zero-order chi connectivity index (χ0) is 15.5. The molecule has 2 aromatic rings. The lowest BCUT2D eigenvalue weighted by molar-refractivity contribution is -0.123. The highest BCUT2D eigenvalue weighted by atomic mass is 16.2. The van der Waals surface area contributed by atoms with E-state index in [4.69, 9.17) is 0 Å². The predicted octanol–water partition coefficient (Wildman–Crippen LogP) is 4.72. The van der Waals surface area contributed by atoms with Crippen molar-refractivity contribution in [1.82, 2.24) is 0 Å². The fourth-order valence-corrected chi connectivity index (χ4v) is 1.84. The number of carbonyl (C=O) groups is 1. The molecule has 0 fully saturated rings. The van der Waals surface area contributed by atoms with Gasteiger partial charge >= 0.3 is 0 Å². The first-order valence-corrected chi connectivity index (χ1v) is 7.10. The lowest BCUT2D eigenvalue weighted by Gasteiger charge is -2.17. The summed E-state index contributed by atoms with van der Waals surface area (Å²) in [5.74, 6) is 0.0156. The minimum absolute atomic E-state index is 0.0156. The number of benzene rings is 2. The van der Waals surface area contributed by atoms with Gasteiger partial charge in [0.15, 0.2) is 0 Å². The Bertz CT molecular complexity index is 624. The quantitative estimate of drug-likeness (QED) is 0.855. The van der Waals surface area contributed by atoms with E-state index < -0.39 is 5.41 Å². The van der Waals surface area contributed by atoms with Crippen LogP contribution in [0.2, 0.25) is 0 Å². The highest BCUT2D eigenvalue weighted by Crippen LogP contribution is 2.21. The molecule has 0 unspecified atom stereocenters. The number of rotatable bonds is 3. The number of hydrogen-bond acceptors (Lipinski definition) is 2. The van der Waals surface area contributed by atoms with Crippen molar-refractivity contribution in [1.29, 1.82) is 0 Å². The molecular weight excluding hydrogens is 260 g/mol. The Hall–Kier alpha value is -2.29. The molecule has 2 aromatic carbocycles. The molecule has 0 aliphatic rings. The van der Waals surface area contributed by atoms with E-state index in [0.717, 1.165) is 17.1 Å². The number of aryl methyl sites for hydroxylation is 1. The smallest absolute Gasteiger partial charge is 0.229 e. The van der Waals surface area contributed by atoms with E-state index in [2.05, 4.69) is 29.7 Å². The molecule has 110 valence electrons. The fourth-order valence-electron chi connectivity index (χ4n) is 1.84. The first-order chi connectivity index (χ1) is 9.84. The van der Waals surface area contributed by atoms with Gasteiger partial charge in [-0.05, 0) is 48.9 Å². The van der Waals surface area contributed by atoms with E-state index >= 15 is 0 Å². The van der Waals surface area contributed by atoms with Gasteiger partial charge in [0.1, 0.15) is 0 Å². The topological polar surface area (TPSA) is 41.1 Å². The summed E-state index contributed by atoms with van der Waals surface area (Å²) in [7, 11) is 0. The van der Waals surface area contributed by atoms with E-state index in [1.54, 1.807) is 0 Å². The maximum absolute atomic E-state index is 11.9. The van der Waals surface area contributed by atoms with E-state index in [1.807, 2.05) is 57.2 Å². The van der Waals surface area contributed by atoms with Crippen molar-refractivity contribution in [2.75, 3.05) is 10.6 Å². The summed E-state index contributed by atoms with van der Waals surface area (Å²) in [5.41, 5.74) is 3.69. The van der Waals surface area contributed by atoms with Gasteiger partial charge in [-0.3, -0.25) is 4.79 Å². The molecule has 0 aromatic heterocycles. The van der Waals surface area contributed by atoms with Crippen molar-refractivity contribution in [3.63, 3.8) is 0 Å². The molecular formula is C18H22N2O. The van der Waals surface area contributed by atoms with Gasteiger partial charge in [0, 0.05) is 22.5 Å². The van der Waals surface area contributed by atoms with Crippen LogP contribution in [0.4, 0.5) is 17.1 Å². The SMILES string of the molecule is Cc1cccc(Nc2ccc(NC(=O)C(C)(C)C)cc2)c1. The van der Waals surface area contributed by atoms with E-state index in [9.17, 15) is 4.79 Å². The van der Waals surface area contributed by atoms with Crippen LogP contribution in [0.5, 0.6) is 0 Å². The minimum Gasteiger partial charge on any atom is -0.356 e. The van der Waals surface area contributed by atoms with Crippen LogP contribution in [-0.4, -0.2) is 5.91 Å². The van der Waals surface area contributed by atoms with E-state index in [1.165, 1.54) is 5.56 Å². The van der Waals surface area contributed by atoms with Crippen LogP contribution in [0.15, 0.2) is 48.5 Å². The Morgan fingerprint density at radius 3 is 2.10 bits per heavy atom. The van der Waals surface area contributed by atoms with Gasteiger partial charge in [0.05, 0.1) is 0 Å². The van der Waals surface area contributed by atoms with Crippen molar-refractivity contribution in [2.45, 2.75) is 27.7 Å². The number of amides is 1. The van der Waals surface area contributed by atoms with Gasteiger partial charge in [-0.15, -0.1) is 0 Å². The maximum Gasteiger partial charge on any atom is 0.229 e. The highest BCUT2D eigenvalue weighted by molar-refractivity contribution is 5.94. The van der Waals surface area contributed by atoms with Gasteiger partial charge in [0.2, 0.25) is 5.91 Å². The van der Waals surface area contributed by atoms with Gasteiger partial charge in [0.25, 0.3) is 0 Å². The van der Waals surface area contributed by atoms with Crippen LogP contribution in [0.25, 0.3) is 0 Å². The molecule has 0 radical (unpaired) electrons. The Morgan fingerprint density at radius 1 is 0.905 bits per heavy atom. The fraction of sp³-hybridized carbons (Fsp3) is 0.278. The van der Waals surface area contributed by atoms with Crippen LogP contribution in [-0.2, 0) is 4.79 Å². The van der Waals surface area contributed by atoms with Crippen LogP contribution in [0.1, 0.15) is 26.3 Å². The lowest BCUT2D eigenvalue weighted by Crippen LogP contribution is -2.27. The summed E-state index contributed by atoms with van der Waals surface area (Å²) in [6.45, 7) is 7.76. The molecule has 0 saturated heterocycles. The zero-order valence-corrected chi connectivity index (χ0v) is 13.0. The van der Waals surface area contributed by atoms with Crippen molar-refractivity contribution in [2.24, 2.45) is 5.41 Å². The molecule has 0 saturated carbocycles. The molecule has 0 heterocycles. The molecule has 1 amide bonds. The van der Waals surface area contributed by atoms with Crippen molar-refractivity contribution in [3.8, 4) is 0 Å². The molecule has 2 N–H and O–H groups in total. The standard InChI is InChI=1S/C18H22N2O/c1-13-6-5-7-16(12-13)19-14-8-10-15(11-9-14)20-17(21)18(2,3)4/h5-12,19H,1-4H3,(H,20,21). The number of nitrogens with one attached hydrogen (secondary N) is 2. The third kappa shape index (κ3) is 4.35. The molecule has 0 aliphatic heterocycles. The molecule has 21 heavy (non-hydrogen) atoms. The third-order valence-corrected chi connectivity index (χ3v) is 3.13. The molecule has 0 spiro atoms. The second-order valence-corrected chi connectivity index (χ2v) is 6.28. The summed E-state index contributed by atoms with van der Waals surface area (Å²) in [4.78, 5) is 11.9. The first-order valence-electron chi connectivity index (χ1n) is 7.10. The van der Waals surface area contributed by atoms with Crippen molar-refractivity contribution >= 4 is 23.0 Å². The van der Waals surface area contributed by atoms with Gasteiger partial charge in [-0.2, -0.15) is 0 Å². The predicted molar refractivity (Wildman–Crippen MR) is 89.0 cm³/mol. The first kappa shape index (κ1) is 15.1. The van der Waals surface area contributed by atoms with E-state index in [-0.39, 0.29) is 5.91 Å². The number of carbonyl (C=O) groups excluding carboxylic acids is 1. The Labute approximate surface area is 126 Å².